The third-order valence-corrected chi connectivity index (χ3v) is 5.41. The fourth-order valence-electron chi connectivity index (χ4n) is 2.98. The van der Waals surface area contributed by atoms with Gasteiger partial charge < -0.3 is 10.1 Å². The van der Waals surface area contributed by atoms with Crippen LogP contribution in [0.1, 0.15) is 25.3 Å². The maximum absolute atomic E-state index is 12.8. The number of hydrogen-bond acceptors (Lipinski definition) is 4. The summed E-state index contributed by atoms with van der Waals surface area (Å²) in [6, 6.07) is 14.4. The molecule has 0 bridgehead atoms. The largest absolute Gasteiger partial charge is 0.476 e. The summed E-state index contributed by atoms with van der Waals surface area (Å²) >= 11 is 0. The van der Waals surface area contributed by atoms with Crippen LogP contribution >= 0.6 is 0 Å². The van der Waals surface area contributed by atoms with E-state index in [0.29, 0.717) is 17.1 Å². The van der Waals surface area contributed by atoms with Gasteiger partial charge in [0.2, 0.25) is 10.0 Å². The molecule has 0 radical (unpaired) electrons. The molecule has 7 heteroatoms. The minimum absolute atomic E-state index is 0.0640. The SMILES string of the molecule is CC(C)c1ccccc1NC(=O)[C@@H]1CN(S(C)(=O)=O)c2ccccc2O1. The number of benzene rings is 2. The van der Waals surface area contributed by atoms with Crippen LogP contribution in [0.3, 0.4) is 0 Å². The molecule has 138 valence electrons. The lowest BCUT2D eigenvalue weighted by Crippen LogP contribution is -2.48. The van der Waals surface area contributed by atoms with Gasteiger partial charge in [0.1, 0.15) is 5.75 Å². The van der Waals surface area contributed by atoms with E-state index >= 15 is 0 Å². The van der Waals surface area contributed by atoms with Crippen LogP contribution in [0.25, 0.3) is 0 Å². The van der Waals surface area contributed by atoms with Crippen LogP contribution in [0.4, 0.5) is 11.4 Å². The number of para-hydroxylation sites is 3. The standard InChI is InChI=1S/C19H22N2O4S/c1-13(2)14-8-4-5-9-15(14)20-19(22)18-12-21(26(3,23)24)16-10-6-7-11-17(16)25-18/h4-11,13,18H,12H2,1-3H3,(H,20,22)/t18-/m0/s1. The molecule has 1 amide bonds. The Morgan fingerprint density at radius 1 is 1.15 bits per heavy atom. The Bertz CT molecular complexity index is 925. The fourth-order valence-corrected chi connectivity index (χ4v) is 3.89. The quantitative estimate of drug-likeness (QED) is 0.893. The summed E-state index contributed by atoms with van der Waals surface area (Å²) in [5.74, 6) is 0.245. The highest BCUT2D eigenvalue weighted by molar-refractivity contribution is 7.92. The number of fused-ring (bicyclic) bond motifs is 1. The van der Waals surface area contributed by atoms with E-state index in [-0.39, 0.29) is 18.4 Å². The number of nitrogens with zero attached hydrogens (tertiary/aromatic N) is 1. The molecule has 1 N–H and O–H groups in total. The van der Waals surface area contributed by atoms with Crippen molar-refractivity contribution < 1.29 is 17.9 Å². The molecule has 2 aromatic rings. The molecule has 1 aliphatic heterocycles. The zero-order valence-electron chi connectivity index (χ0n) is 15.0. The first-order valence-corrected chi connectivity index (χ1v) is 10.3. The van der Waals surface area contributed by atoms with Crippen molar-refractivity contribution in [3.63, 3.8) is 0 Å². The molecule has 3 rings (SSSR count). The van der Waals surface area contributed by atoms with E-state index in [2.05, 4.69) is 5.32 Å². The molecule has 0 aromatic heterocycles. The number of rotatable bonds is 4. The number of sulfonamides is 1. The van der Waals surface area contributed by atoms with Gasteiger partial charge in [0.15, 0.2) is 6.10 Å². The van der Waals surface area contributed by atoms with Gasteiger partial charge in [0, 0.05) is 5.69 Å². The highest BCUT2D eigenvalue weighted by atomic mass is 32.2. The van der Waals surface area contributed by atoms with Crippen LogP contribution in [0.2, 0.25) is 0 Å². The van der Waals surface area contributed by atoms with Gasteiger partial charge in [0.05, 0.1) is 18.5 Å². The molecule has 6 nitrogen and oxygen atoms in total. The Kier molecular flexibility index (Phi) is 4.91. The lowest BCUT2D eigenvalue weighted by molar-refractivity contribution is -0.122. The van der Waals surface area contributed by atoms with Crippen molar-refractivity contribution in [1.29, 1.82) is 0 Å². The molecule has 1 atom stereocenters. The monoisotopic (exact) mass is 374 g/mol. The third-order valence-electron chi connectivity index (χ3n) is 4.27. The predicted molar refractivity (Wildman–Crippen MR) is 102 cm³/mol. The van der Waals surface area contributed by atoms with Crippen LogP contribution in [0, 0.1) is 0 Å². The number of amides is 1. The lowest BCUT2D eigenvalue weighted by atomic mass is 10.0. The van der Waals surface area contributed by atoms with Crippen molar-refractivity contribution in [3.8, 4) is 5.75 Å². The Morgan fingerprint density at radius 2 is 1.81 bits per heavy atom. The molecule has 0 fully saturated rings. The second-order valence-corrected chi connectivity index (χ2v) is 8.51. The normalized spacial score (nSPS) is 16.8. The van der Waals surface area contributed by atoms with Crippen molar-refractivity contribution in [2.75, 3.05) is 22.4 Å². The Balaban J connectivity index is 1.88. The van der Waals surface area contributed by atoms with E-state index in [9.17, 15) is 13.2 Å². The summed E-state index contributed by atoms with van der Waals surface area (Å²) < 4.78 is 31.3. The van der Waals surface area contributed by atoms with Crippen LogP contribution in [-0.2, 0) is 14.8 Å². The lowest BCUT2D eigenvalue weighted by Gasteiger charge is -2.34. The molecule has 0 saturated heterocycles. The van der Waals surface area contributed by atoms with Crippen LogP contribution < -0.4 is 14.4 Å². The van der Waals surface area contributed by atoms with Crippen molar-refractivity contribution in [3.05, 3.63) is 54.1 Å². The van der Waals surface area contributed by atoms with Crippen molar-refractivity contribution in [2.45, 2.75) is 25.9 Å². The first-order valence-electron chi connectivity index (χ1n) is 8.40. The maximum atomic E-state index is 12.8. The van der Waals surface area contributed by atoms with E-state index in [1.54, 1.807) is 24.3 Å². The van der Waals surface area contributed by atoms with Crippen molar-refractivity contribution in [2.24, 2.45) is 0 Å². The Hall–Kier alpha value is -2.54. The van der Waals surface area contributed by atoms with E-state index in [0.717, 1.165) is 11.8 Å². The highest BCUT2D eigenvalue weighted by Gasteiger charge is 2.35. The number of hydrogen-bond donors (Lipinski definition) is 1. The molecule has 1 aliphatic rings. The van der Waals surface area contributed by atoms with Gasteiger partial charge in [-0.1, -0.05) is 44.2 Å². The van der Waals surface area contributed by atoms with Gasteiger partial charge in [-0.15, -0.1) is 0 Å². The summed E-state index contributed by atoms with van der Waals surface area (Å²) in [5, 5.41) is 2.88. The third kappa shape index (κ3) is 3.67. The summed E-state index contributed by atoms with van der Waals surface area (Å²) in [6.07, 6.45) is 0.192. The van der Waals surface area contributed by atoms with Gasteiger partial charge in [-0.2, -0.15) is 0 Å². The van der Waals surface area contributed by atoms with Gasteiger partial charge in [0.25, 0.3) is 5.91 Å². The molecular weight excluding hydrogens is 352 g/mol. The van der Waals surface area contributed by atoms with Crippen LogP contribution in [0.5, 0.6) is 5.75 Å². The first kappa shape index (κ1) is 18.3. The minimum atomic E-state index is -3.53. The van der Waals surface area contributed by atoms with E-state index in [1.165, 1.54) is 4.31 Å². The second kappa shape index (κ2) is 6.99. The Labute approximate surface area is 153 Å². The molecule has 2 aromatic carbocycles. The number of carbonyl (C=O) groups is 1. The van der Waals surface area contributed by atoms with Gasteiger partial charge in [-0.3, -0.25) is 9.10 Å². The zero-order valence-corrected chi connectivity index (χ0v) is 15.8. The van der Waals surface area contributed by atoms with Gasteiger partial charge in [-0.05, 0) is 29.7 Å². The topological polar surface area (TPSA) is 75.7 Å². The predicted octanol–water partition coefficient (Wildman–Crippen LogP) is 2.98. The maximum Gasteiger partial charge on any atom is 0.267 e. The summed E-state index contributed by atoms with van der Waals surface area (Å²) in [4.78, 5) is 12.8. The average molecular weight is 374 g/mol. The number of nitrogens with one attached hydrogen (secondary N) is 1. The van der Waals surface area contributed by atoms with E-state index in [4.69, 9.17) is 4.74 Å². The second-order valence-electron chi connectivity index (χ2n) is 6.60. The first-order chi connectivity index (χ1) is 12.3. The zero-order chi connectivity index (χ0) is 18.9. The average Bonchev–Trinajstić information content (AvgIpc) is 2.60. The van der Waals surface area contributed by atoms with Gasteiger partial charge in [-0.25, -0.2) is 8.42 Å². The number of anilines is 2. The number of ether oxygens (including phenoxy) is 1. The Morgan fingerprint density at radius 3 is 2.50 bits per heavy atom. The van der Waals surface area contributed by atoms with E-state index < -0.39 is 16.1 Å². The molecule has 0 saturated carbocycles. The summed E-state index contributed by atoms with van der Waals surface area (Å²) in [5.41, 5.74) is 2.17. The highest BCUT2D eigenvalue weighted by Crippen LogP contribution is 2.35. The molecule has 1 heterocycles. The number of carbonyl (C=O) groups excluding carboxylic acids is 1. The minimum Gasteiger partial charge on any atom is -0.476 e. The fraction of sp³-hybridized carbons (Fsp3) is 0.316. The smallest absolute Gasteiger partial charge is 0.267 e. The summed E-state index contributed by atoms with van der Waals surface area (Å²) in [7, 11) is -3.53. The van der Waals surface area contributed by atoms with Gasteiger partial charge >= 0.3 is 0 Å². The molecular formula is C19H22N2O4S. The summed E-state index contributed by atoms with van der Waals surface area (Å²) in [6.45, 7) is 4.03. The molecule has 0 aliphatic carbocycles. The van der Waals surface area contributed by atoms with Crippen LogP contribution in [-0.4, -0.2) is 33.2 Å². The molecule has 0 unspecified atom stereocenters. The van der Waals surface area contributed by atoms with Crippen LogP contribution in [0.15, 0.2) is 48.5 Å². The molecule has 0 spiro atoms. The van der Waals surface area contributed by atoms with E-state index in [1.807, 2.05) is 38.1 Å². The molecule has 26 heavy (non-hydrogen) atoms. The van der Waals surface area contributed by atoms with Crippen molar-refractivity contribution >= 4 is 27.3 Å². The van der Waals surface area contributed by atoms with Crippen molar-refractivity contribution in [1.82, 2.24) is 0 Å².